The Balaban J connectivity index is 1.57. The second-order valence-corrected chi connectivity index (χ2v) is 6.96. The number of hydrogen-bond donors (Lipinski definition) is 0. The van der Waals surface area contributed by atoms with Crippen molar-refractivity contribution < 1.29 is 4.42 Å². The molecular weight excluding hydrogens is 360 g/mol. The van der Waals surface area contributed by atoms with Crippen molar-refractivity contribution in [3.8, 4) is 0 Å². The number of imidazole rings is 1. The molecule has 0 radical (unpaired) electrons. The van der Waals surface area contributed by atoms with Gasteiger partial charge >= 0.3 is 5.76 Å². The molecule has 9 nitrogen and oxygen atoms in total. The van der Waals surface area contributed by atoms with Gasteiger partial charge in [-0.25, -0.2) is 14.8 Å². The Morgan fingerprint density at radius 1 is 1.11 bits per heavy atom. The molecule has 1 aromatic carbocycles. The molecule has 0 saturated carbocycles. The Kier molecular flexibility index (Phi) is 4.42. The molecule has 28 heavy (non-hydrogen) atoms. The molecule has 9 heteroatoms. The number of aryl methyl sites for hydroxylation is 2. The zero-order valence-corrected chi connectivity index (χ0v) is 15.9. The summed E-state index contributed by atoms with van der Waals surface area (Å²) >= 11 is 0. The third kappa shape index (κ3) is 3.26. The van der Waals surface area contributed by atoms with Crippen LogP contribution in [0.2, 0.25) is 0 Å². The van der Waals surface area contributed by atoms with Crippen molar-refractivity contribution in [1.29, 1.82) is 0 Å². The van der Waals surface area contributed by atoms with Gasteiger partial charge in [-0.05, 0) is 12.5 Å². The zero-order chi connectivity index (χ0) is 19.8. The van der Waals surface area contributed by atoms with E-state index in [0.29, 0.717) is 17.7 Å². The highest BCUT2D eigenvalue weighted by Gasteiger charge is 2.15. The first kappa shape index (κ1) is 17.9. The second-order valence-electron chi connectivity index (χ2n) is 6.96. The fraction of sp³-hybridized carbons (Fsp3) is 0.316. The quantitative estimate of drug-likeness (QED) is 0.519. The van der Waals surface area contributed by atoms with Crippen LogP contribution in [0.4, 0.5) is 0 Å². The van der Waals surface area contributed by atoms with Crippen LogP contribution in [0.3, 0.4) is 0 Å². The van der Waals surface area contributed by atoms with E-state index in [1.54, 1.807) is 11.6 Å². The lowest BCUT2D eigenvalue weighted by atomic mass is 10.0. The first-order chi connectivity index (χ1) is 13.4. The van der Waals surface area contributed by atoms with Gasteiger partial charge in [0.15, 0.2) is 11.2 Å². The lowest BCUT2D eigenvalue weighted by molar-refractivity contribution is 0.428. The van der Waals surface area contributed by atoms with Crippen LogP contribution in [0, 0.1) is 6.92 Å². The molecule has 0 unspecified atom stereocenters. The Bertz CT molecular complexity index is 1250. The van der Waals surface area contributed by atoms with Crippen molar-refractivity contribution in [3.63, 3.8) is 0 Å². The molecule has 0 saturated heterocycles. The molecule has 3 aromatic heterocycles. The number of benzene rings is 1. The molecule has 0 aliphatic heterocycles. The summed E-state index contributed by atoms with van der Waals surface area (Å²) in [5.41, 5.74) is 2.79. The maximum atomic E-state index is 12.6. The molecule has 0 aliphatic rings. The highest BCUT2D eigenvalue weighted by Crippen LogP contribution is 2.17. The summed E-state index contributed by atoms with van der Waals surface area (Å²) < 4.78 is 9.49. The molecule has 144 valence electrons. The molecule has 3 heterocycles. The Morgan fingerprint density at radius 2 is 1.82 bits per heavy atom. The minimum atomic E-state index is -0.545. The average molecular weight is 380 g/mol. The Morgan fingerprint density at radius 3 is 2.57 bits per heavy atom. The highest BCUT2D eigenvalue weighted by molar-refractivity contribution is 5.68. The van der Waals surface area contributed by atoms with Crippen LogP contribution in [-0.4, -0.2) is 28.9 Å². The van der Waals surface area contributed by atoms with Crippen molar-refractivity contribution >= 4 is 11.2 Å². The predicted octanol–water partition coefficient (Wildman–Crippen LogP) is 1.44. The summed E-state index contributed by atoms with van der Waals surface area (Å²) in [6.07, 6.45) is 2.91. The van der Waals surface area contributed by atoms with Crippen molar-refractivity contribution in [3.05, 3.63) is 74.8 Å². The van der Waals surface area contributed by atoms with E-state index in [9.17, 15) is 9.59 Å². The van der Waals surface area contributed by atoms with E-state index >= 15 is 0 Å². The average Bonchev–Trinajstić information content (AvgIpc) is 3.21. The molecule has 0 spiro atoms. The standard InChI is InChI=1S/C19H20N6O3/c1-12-4-6-14(7-5-12)13(2)8-25-19(27)28-15(22-25)9-24-11-21-17-16(18(24)26)23(3)10-20-17/h4-7,10-11,13H,8-9H2,1-3H3/t13-/m0/s1. The number of aromatic nitrogens is 6. The fourth-order valence-corrected chi connectivity index (χ4v) is 3.12. The third-order valence-electron chi connectivity index (χ3n) is 4.75. The maximum absolute atomic E-state index is 12.6. The first-order valence-corrected chi connectivity index (χ1v) is 8.92. The number of nitrogens with zero attached hydrogens (tertiary/aromatic N) is 6. The Labute approximate surface area is 159 Å². The van der Waals surface area contributed by atoms with E-state index in [4.69, 9.17) is 4.42 Å². The van der Waals surface area contributed by atoms with Crippen molar-refractivity contribution in [2.24, 2.45) is 7.05 Å². The van der Waals surface area contributed by atoms with Crippen LogP contribution < -0.4 is 11.3 Å². The topological polar surface area (TPSA) is 101 Å². The monoisotopic (exact) mass is 380 g/mol. The maximum Gasteiger partial charge on any atom is 0.437 e. The van der Waals surface area contributed by atoms with E-state index < -0.39 is 5.76 Å². The van der Waals surface area contributed by atoms with Crippen LogP contribution in [-0.2, 0) is 20.1 Å². The molecule has 4 aromatic rings. The van der Waals surface area contributed by atoms with Crippen LogP contribution in [0.15, 0.2) is 50.9 Å². The largest absolute Gasteiger partial charge is 0.437 e. The molecule has 1 atom stereocenters. The predicted molar refractivity (Wildman–Crippen MR) is 102 cm³/mol. The van der Waals surface area contributed by atoms with Gasteiger partial charge in [0.2, 0.25) is 5.89 Å². The molecule has 0 amide bonds. The van der Waals surface area contributed by atoms with Crippen LogP contribution in [0.25, 0.3) is 11.2 Å². The van der Waals surface area contributed by atoms with E-state index in [0.717, 1.165) is 5.56 Å². The van der Waals surface area contributed by atoms with Gasteiger partial charge in [-0.3, -0.25) is 9.36 Å². The van der Waals surface area contributed by atoms with Crippen molar-refractivity contribution in [2.75, 3.05) is 0 Å². The summed E-state index contributed by atoms with van der Waals surface area (Å²) in [6, 6.07) is 8.16. The fourth-order valence-electron chi connectivity index (χ4n) is 3.12. The lowest BCUT2D eigenvalue weighted by Crippen LogP contribution is -2.23. The van der Waals surface area contributed by atoms with Gasteiger partial charge in [0.05, 0.1) is 12.9 Å². The van der Waals surface area contributed by atoms with Crippen molar-refractivity contribution in [1.82, 2.24) is 28.9 Å². The van der Waals surface area contributed by atoms with Gasteiger partial charge in [0.1, 0.15) is 12.9 Å². The number of rotatable bonds is 5. The van der Waals surface area contributed by atoms with Crippen molar-refractivity contribution in [2.45, 2.75) is 32.9 Å². The smallest absolute Gasteiger partial charge is 0.390 e. The third-order valence-corrected chi connectivity index (χ3v) is 4.75. The van der Waals surface area contributed by atoms with Gasteiger partial charge in [-0.2, -0.15) is 4.68 Å². The second kappa shape index (κ2) is 6.91. The molecule has 0 N–H and O–H groups in total. The summed E-state index contributed by atoms with van der Waals surface area (Å²) in [5, 5.41) is 4.25. The lowest BCUT2D eigenvalue weighted by Gasteiger charge is -2.10. The van der Waals surface area contributed by atoms with Gasteiger partial charge < -0.3 is 8.98 Å². The van der Waals surface area contributed by atoms with Crippen LogP contribution in [0.5, 0.6) is 0 Å². The van der Waals surface area contributed by atoms with E-state index in [-0.39, 0.29) is 23.9 Å². The summed E-state index contributed by atoms with van der Waals surface area (Å²) in [4.78, 5) is 33.0. The Hall–Kier alpha value is -3.49. The summed E-state index contributed by atoms with van der Waals surface area (Å²) in [5.74, 6) is -0.297. The summed E-state index contributed by atoms with van der Waals surface area (Å²) in [7, 11) is 1.73. The van der Waals surface area contributed by atoms with Gasteiger partial charge in [-0.15, -0.1) is 5.10 Å². The molecule has 4 rings (SSSR count). The minimum Gasteiger partial charge on any atom is -0.390 e. The first-order valence-electron chi connectivity index (χ1n) is 8.92. The number of hydrogen-bond acceptors (Lipinski definition) is 6. The zero-order valence-electron chi connectivity index (χ0n) is 15.9. The number of fused-ring (bicyclic) bond motifs is 1. The van der Waals surface area contributed by atoms with Crippen LogP contribution in [0.1, 0.15) is 29.9 Å². The normalized spacial score (nSPS) is 12.5. The molecule has 0 bridgehead atoms. The SMILES string of the molecule is Cc1ccc([C@@H](C)Cn2nc(Cn3cnc4ncn(C)c4c3=O)oc2=O)cc1. The van der Waals surface area contributed by atoms with Gasteiger partial charge in [0.25, 0.3) is 5.56 Å². The minimum absolute atomic E-state index is 0.0219. The van der Waals surface area contributed by atoms with Gasteiger partial charge in [0, 0.05) is 13.0 Å². The van der Waals surface area contributed by atoms with E-state index in [1.807, 2.05) is 38.1 Å². The van der Waals surface area contributed by atoms with E-state index in [2.05, 4.69) is 15.1 Å². The molecule has 0 aliphatic carbocycles. The van der Waals surface area contributed by atoms with Gasteiger partial charge in [-0.1, -0.05) is 36.8 Å². The van der Waals surface area contributed by atoms with E-state index in [1.165, 1.54) is 27.5 Å². The highest BCUT2D eigenvalue weighted by atomic mass is 16.4. The summed E-state index contributed by atoms with van der Waals surface area (Å²) in [6.45, 7) is 4.46. The molecular formula is C19H20N6O3. The van der Waals surface area contributed by atoms with Crippen LogP contribution >= 0.6 is 0 Å². The molecule has 0 fully saturated rings.